The van der Waals surface area contributed by atoms with Gasteiger partial charge in [0.15, 0.2) is 0 Å². The van der Waals surface area contributed by atoms with Crippen LogP contribution in [-0.4, -0.2) is 10.9 Å². The van der Waals surface area contributed by atoms with Crippen molar-refractivity contribution < 1.29 is 4.79 Å². The molecule has 1 N–H and O–H groups in total. The molecule has 3 aromatic carbocycles. The molecule has 0 saturated carbocycles. The molecule has 0 aliphatic heterocycles. The first kappa shape index (κ1) is 18.9. The summed E-state index contributed by atoms with van der Waals surface area (Å²) in [6.07, 6.45) is 0. The second-order valence-corrected chi connectivity index (χ2v) is 8.24. The number of amides is 1. The summed E-state index contributed by atoms with van der Waals surface area (Å²) in [7, 11) is 0. The average Bonchev–Trinajstić information content (AvgIpc) is 3.18. The third-order valence-electron chi connectivity index (χ3n) is 4.11. The summed E-state index contributed by atoms with van der Waals surface area (Å²) in [6, 6.07) is 22.6. The van der Waals surface area contributed by atoms with Crippen molar-refractivity contribution in [3.05, 3.63) is 93.2 Å². The molecule has 1 aromatic heterocycles. The number of nitrogens with zero attached hydrogens (tertiary/aromatic N) is 1. The fourth-order valence-corrected chi connectivity index (χ4v) is 4.30. The molecule has 0 fully saturated rings. The molecule has 28 heavy (non-hydrogen) atoms. The highest BCUT2D eigenvalue weighted by Gasteiger charge is 2.11. The molecule has 6 heteroatoms. The van der Waals surface area contributed by atoms with E-state index in [0.29, 0.717) is 10.6 Å². The molecule has 0 unspecified atom stereocenters. The Balaban J connectivity index is 1.58. The van der Waals surface area contributed by atoms with E-state index in [1.807, 2.05) is 66.0 Å². The number of thiazole rings is 1. The maximum atomic E-state index is 12.5. The lowest BCUT2D eigenvalue weighted by atomic mass is 10.1. The Labute approximate surface area is 180 Å². The Kier molecular flexibility index (Phi) is 5.57. The van der Waals surface area contributed by atoms with Crippen molar-refractivity contribution in [3.8, 4) is 21.8 Å². The molecule has 0 spiro atoms. The zero-order valence-corrected chi connectivity index (χ0v) is 17.7. The number of anilines is 1. The zero-order valence-electron chi connectivity index (χ0n) is 14.5. The summed E-state index contributed by atoms with van der Waals surface area (Å²) in [5, 5.41) is 6.48. The molecule has 0 saturated heterocycles. The minimum atomic E-state index is -0.159. The Bertz CT molecular complexity index is 1160. The first-order valence-electron chi connectivity index (χ1n) is 8.48. The van der Waals surface area contributed by atoms with Crippen LogP contribution in [-0.2, 0) is 0 Å². The topological polar surface area (TPSA) is 42.0 Å². The number of hydrogen-bond donors (Lipinski definition) is 1. The summed E-state index contributed by atoms with van der Waals surface area (Å²) < 4.78 is 0.864. The quantitative estimate of drug-likeness (QED) is 0.345. The number of halogens is 2. The van der Waals surface area contributed by atoms with Crippen molar-refractivity contribution in [1.29, 1.82) is 0 Å². The van der Waals surface area contributed by atoms with E-state index in [-0.39, 0.29) is 5.91 Å². The van der Waals surface area contributed by atoms with Gasteiger partial charge in [-0.05, 0) is 36.4 Å². The van der Waals surface area contributed by atoms with Crippen molar-refractivity contribution >= 4 is 50.5 Å². The predicted molar refractivity (Wildman–Crippen MR) is 120 cm³/mol. The van der Waals surface area contributed by atoms with Gasteiger partial charge in [0.25, 0.3) is 5.91 Å². The van der Waals surface area contributed by atoms with Gasteiger partial charge in [-0.1, -0.05) is 63.9 Å². The molecular weight excluding hydrogens is 456 g/mol. The summed E-state index contributed by atoms with van der Waals surface area (Å²) in [6.45, 7) is 0. The van der Waals surface area contributed by atoms with Crippen LogP contribution >= 0.6 is 38.9 Å². The van der Waals surface area contributed by atoms with Crippen LogP contribution in [0, 0.1) is 0 Å². The predicted octanol–water partition coefficient (Wildman–Crippen LogP) is 7.15. The van der Waals surface area contributed by atoms with Crippen molar-refractivity contribution in [2.75, 3.05) is 5.32 Å². The van der Waals surface area contributed by atoms with Crippen molar-refractivity contribution in [3.63, 3.8) is 0 Å². The highest BCUT2D eigenvalue weighted by atomic mass is 79.9. The van der Waals surface area contributed by atoms with E-state index in [9.17, 15) is 4.79 Å². The SMILES string of the molecule is O=C(Nc1cccc(-c2csc(-c3ccccc3Cl)n2)c1)c1cccc(Br)c1. The molecule has 0 aliphatic rings. The van der Waals surface area contributed by atoms with E-state index in [0.717, 1.165) is 32.0 Å². The van der Waals surface area contributed by atoms with Crippen LogP contribution in [0.15, 0.2) is 82.6 Å². The molecule has 1 amide bonds. The number of hydrogen-bond acceptors (Lipinski definition) is 3. The van der Waals surface area contributed by atoms with Gasteiger partial charge in [0.2, 0.25) is 0 Å². The van der Waals surface area contributed by atoms with Gasteiger partial charge in [-0.2, -0.15) is 0 Å². The summed E-state index contributed by atoms with van der Waals surface area (Å²) in [5.41, 5.74) is 4.00. The first-order chi connectivity index (χ1) is 13.6. The van der Waals surface area contributed by atoms with E-state index in [4.69, 9.17) is 16.6 Å². The van der Waals surface area contributed by atoms with E-state index < -0.39 is 0 Å². The van der Waals surface area contributed by atoms with Gasteiger partial charge in [0, 0.05) is 32.2 Å². The summed E-state index contributed by atoms with van der Waals surface area (Å²) >= 11 is 11.2. The Morgan fingerprint density at radius 1 is 1.00 bits per heavy atom. The van der Waals surface area contributed by atoms with E-state index in [2.05, 4.69) is 21.2 Å². The monoisotopic (exact) mass is 468 g/mol. The van der Waals surface area contributed by atoms with Crippen LogP contribution in [0.3, 0.4) is 0 Å². The first-order valence-corrected chi connectivity index (χ1v) is 10.5. The fourth-order valence-electron chi connectivity index (χ4n) is 2.75. The van der Waals surface area contributed by atoms with E-state index in [1.165, 1.54) is 0 Å². The molecule has 0 atom stereocenters. The molecule has 4 rings (SSSR count). The van der Waals surface area contributed by atoms with Crippen molar-refractivity contribution in [1.82, 2.24) is 4.98 Å². The lowest BCUT2D eigenvalue weighted by Crippen LogP contribution is -2.11. The van der Waals surface area contributed by atoms with Gasteiger partial charge in [-0.3, -0.25) is 4.79 Å². The molecular formula is C22H14BrClN2OS. The normalized spacial score (nSPS) is 10.6. The standard InChI is InChI=1S/C22H14BrClN2OS/c23-16-7-3-6-15(11-16)21(27)25-17-8-4-5-14(12-17)20-13-28-22(26-20)18-9-1-2-10-19(18)24/h1-13H,(H,25,27). The van der Waals surface area contributed by atoms with Crippen molar-refractivity contribution in [2.45, 2.75) is 0 Å². The smallest absolute Gasteiger partial charge is 0.255 e. The fraction of sp³-hybridized carbons (Fsp3) is 0. The molecule has 4 aromatic rings. The summed E-state index contributed by atoms with van der Waals surface area (Å²) in [5.74, 6) is -0.159. The number of rotatable bonds is 4. The average molecular weight is 470 g/mol. The molecule has 0 bridgehead atoms. The van der Waals surface area contributed by atoms with Crippen molar-refractivity contribution in [2.24, 2.45) is 0 Å². The second kappa shape index (κ2) is 8.27. The zero-order chi connectivity index (χ0) is 19.5. The second-order valence-electron chi connectivity index (χ2n) is 6.06. The van der Waals surface area contributed by atoms with Gasteiger partial charge in [0.1, 0.15) is 5.01 Å². The largest absolute Gasteiger partial charge is 0.322 e. The molecule has 1 heterocycles. The Morgan fingerprint density at radius 2 is 1.82 bits per heavy atom. The molecule has 0 aliphatic carbocycles. The number of carbonyl (C=O) groups excluding carboxylic acids is 1. The van der Waals surface area contributed by atoms with E-state index >= 15 is 0 Å². The van der Waals surface area contributed by atoms with Crippen LogP contribution in [0.4, 0.5) is 5.69 Å². The maximum absolute atomic E-state index is 12.5. The molecule has 0 radical (unpaired) electrons. The minimum Gasteiger partial charge on any atom is -0.322 e. The number of carbonyl (C=O) groups is 1. The van der Waals surface area contributed by atoms with Crippen LogP contribution in [0.5, 0.6) is 0 Å². The molecule has 3 nitrogen and oxygen atoms in total. The van der Waals surface area contributed by atoms with Gasteiger partial charge in [0.05, 0.1) is 10.7 Å². The number of aromatic nitrogens is 1. The van der Waals surface area contributed by atoms with Crippen LogP contribution < -0.4 is 5.32 Å². The van der Waals surface area contributed by atoms with Crippen LogP contribution in [0.1, 0.15) is 10.4 Å². The Hall–Kier alpha value is -2.47. The highest BCUT2D eigenvalue weighted by Crippen LogP contribution is 2.33. The van der Waals surface area contributed by atoms with E-state index in [1.54, 1.807) is 23.5 Å². The lowest BCUT2D eigenvalue weighted by Gasteiger charge is -2.07. The number of nitrogens with one attached hydrogen (secondary N) is 1. The van der Waals surface area contributed by atoms with Gasteiger partial charge >= 0.3 is 0 Å². The molecule has 138 valence electrons. The third-order valence-corrected chi connectivity index (χ3v) is 5.81. The number of benzene rings is 3. The van der Waals surface area contributed by atoms with Crippen LogP contribution in [0.2, 0.25) is 5.02 Å². The van der Waals surface area contributed by atoms with Gasteiger partial charge in [-0.15, -0.1) is 11.3 Å². The Morgan fingerprint density at radius 3 is 2.64 bits per heavy atom. The maximum Gasteiger partial charge on any atom is 0.255 e. The highest BCUT2D eigenvalue weighted by molar-refractivity contribution is 9.10. The van der Waals surface area contributed by atoms with Gasteiger partial charge < -0.3 is 5.32 Å². The third kappa shape index (κ3) is 4.17. The van der Waals surface area contributed by atoms with Crippen LogP contribution in [0.25, 0.3) is 21.8 Å². The summed E-state index contributed by atoms with van der Waals surface area (Å²) in [4.78, 5) is 17.2. The lowest BCUT2D eigenvalue weighted by molar-refractivity contribution is 0.102. The van der Waals surface area contributed by atoms with Gasteiger partial charge in [-0.25, -0.2) is 4.98 Å². The minimum absolute atomic E-state index is 0.159.